The number of pyridine rings is 1. The van der Waals surface area contributed by atoms with Crippen LogP contribution in [0, 0.1) is 20.8 Å². The van der Waals surface area contributed by atoms with Gasteiger partial charge in [-0.2, -0.15) is 0 Å². The summed E-state index contributed by atoms with van der Waals surface area (Å²) >= 11 is 0. The molecule has 0 radical (unpaired) electrons. The van der Waals surface area contributed by atoms with Gasteiger partial charge in [-0.05, 0) is 56.5 Å². The normalized spacial score (nSPS) is 10.1. The van der Waals surface area contributed by atoms with Gasteiger partial charge in [0.2, 0.25) is 0 Å². The molecule has 0 unspecified atom stereocenters. The van der Waals surface area contributed by atoms with Gasteiger partial charge in [-0.25, -0.2) is 4.98 Å². The number of benzene rings is 1. The second-order valence-corrected chi connectivity index (χ2v) is 6.78. The van der Waals surface area contributed by atoms with Crippen LogP contribution in [0.15, 0.2) is 47.5 Å². The lowest BCUT2D eigenvalue weighted by Crippen LogP contribution is -2.25. The number of amides is 1. The smallest absolute Gasteiger partial charge is 0.290 e. The zero-order valence-electron chi connectivity index (χ0n) is 17.3. The van der Waals surface area contributed by atoms with Gasteiger partial charge >= 0.3 is 0 Å². The number of aromatic amines is 1. The van der Waals surface area contributed by atoms with Crippen molar-refractivity contribution in [3.05, 3.63) is 75.7 Å². The summed E-state index contributed by atoms with van der Waals surface area (Å²) < 4.78 is 2.05. The molecule has 0 fully saturated rings. The molecule has 3 aromatic rings. The molecule has 8 nitrogen and oxygen atoms in total. The summed E-state index contributed by atoms with van der Waals surface area (Å²) in [6.45, 7) is 6.91. The first-order chi connectivity index (χ1) is 14.4. The van der Waals surface area contributed by atoms with E-state index in [-0.39, 0.29) is 17.9 Å². The van der Waals surface area contributed by atoms with Gasteiger partial charge in [-0.1, -0.05) is 12.1 Å². The van der Waals surface area contributed by atoms with Crippen LogP contribution in [0.2, 0.25) is 0 Å². The average molecular weight is 410 g/mol. The van der Waals surface area contributed by atoms with Gasteiger partial charge in [0, 0.05) is 42.3 Å². The lowest BCUT2D eigenvalue weighted by atomic mass is 10.0. The zero-order valence-corrected chi connectivity index (χ0v) is 17.3. The first-order valence-corrected chi connectivity index (χ1v) is 9.52. The van der Waals surface area contributed by atoms with E-state index in [9.17, 15) is 9.59 Å². The molecule has 8 heteroatoms. The highest BCUT2D eigenvalue weighted by Gasteiger charge is 2.10. The number of hydrogen-bond acceptors (Lipinski definition) is 4. The van der Waals surface area contributed by atoms with E-state index in [0.29, 0.717) is 17.7 Å². The van der Waals surface area contributed by atoms with Gasteiger partial charge in [0.05, 0.1) is 0 Å². The number of aryl methyl sites for hydroxylation is 4. The Balaban J connectivity index is 0.00000101. The molecule has 2 heterocycles. The number of carbonyl (C=O) groups is 2. The van der Waals surface area contributed by atoms with Crippen LogP contribution in [0.3, 0.4) is 0 Å². The topological polar surface area (TPSA) is 117 Å². The van der Waals surface area contributed by atoms with E-state index < -0.39 is 0 Å². The fourth-order valence-corrected chi connectivity index (χ4v) is 2.96. The molecule has 0 aliphatic rings. The van der Waals surface area contributed by atoms with Crippen molar-refractivity contribution in [3.8, 4) is 11.1 Å². The van der Waals surface area contributed by atoms with Crippen LogP contribution in [0.25, 0.3) is 11.1 Å². The molecule has 0 bridgehead atoms. The zero-order chi connectivity index (χ0) is 22.1. The molecule has 2 aromatic heterocycles. The van der Waals surface area contributed by atoms with Crippen molar-refractivity contribution in [1.29, 1.82) is 0 Å². The van der Waals surface area contributed by atoms with Crippen molar-refractivity contribution in [2.45, 2.75) is 33.7 Å². The first-order valence-electron chi connectivity index (χ1n) is 9.52. The Morgan fingerprint density at radius 3 is 2.67 bits per heavy atom. The van der Waals surface area contributed by atoms with Crippen LogP contribution in [0.5, 0.6) is 0 Å². The van der Waals surface area contributed by atoms with Gasteiger partial charge in [0.1, 0.15) is 5.82 Å². The van der Waals surface area contributed by atoms with E-state index in [2.05, 4.69) is 19.9 Å². The van der Waals surface area contributed by atoms with Crippen LogP contribution < -0.4 is 10.9 Å². The van der Waals surface area contributed by atoms with Crippen molar-refractivity contribution in [2.24, 2.45) is 0 Å². The van der Waals surface area contributed by atoms with E-state index in [4.69, 9.17) is 9.90 Å². The van der Waals surface area contributed by atoms with Crippen molar-refractivity contribution < 1.29 is 14.7 Å². The Morgan fingerprint density at radius 2 is 2.00 bits per heavy atom. The van der Waals surface area contributed by atoms with Crippen LogP contribution in [-0.4, -0.2) is 38.6 Å². The molecule has 0 spiro atoms. The summed E-state index contributed by atoms with van der Waals surface area (Å²) in [5.74, 6) is 0.826. The predicted octanol–water partition coefficient (Wildman–Crippen LogP) is 2.68. The maximum atomic E-state index is 12.4. The molecule has 3 N–H and O–H groups in total. The van der Waals surface area contributed by atoms with Gasteiger partial charge in [0.15, 0.2) is 0 Å². The standard InChI is InChI=1S/C21H24N4O2.CH2O2/c1-14-12-19(21(27)24-15(14)2)17-6-4-7-18(13-17)20(26)23-8-5-10-25-11-9-22-16(25)3;2-1-3/h4,6-7,9,11-13H,5,8,10H2,1-3H3,(H,23,26)(H,24,27);1H,(H,2,3). The van der Waals surface area contributed by atoms with Crippen LogP contribution in [-0.2, 0) is 11.3 Å². The fourth-order valence-electron chi connectivity index (χ4n) is 2.96. The van der Waals surface area contributed by atoms with E-state index in [1.807, 2.05) is 39.1 Å². The molecule has 0 saturated carbocycles. The Bertz CT molecular complexity index is 1070. The number of nitrogens with one attached hydrogen (secondary N) is 2. The first kappa shape index (κ1) is 22.6. The second-order valence-electron chi connectivity index (χ2n) is 6.78. The highest BCUT2D eigenvalue weighted by Crippen LogP contribution is 2.18. The number of carbonyl (C=O) groups excluding carboxylic acids is 1. The lowest BCUT2D eigenvalue weighted by Gasteiger charge is -2.09. The Labute approximate surface area is 174 Å². The van der Waals surface area contributed by atoms with E-state index in [1.54, 1.807) is 24.4 Å². The van der Waals surface area contributed by atoms with Crippen LogP contribution in [0.4, 0.5) is 0 Å². The molecule has 0 aliphatic carbocycles. The molecule has 1 amide bonds. The minimum atomic E-state index is -0.250. The van der Waals surface area contributed by atoms with Gasteiger partial charge in [-0.15, -0.1) is 0 Å². The number of hydrogen-bond donors (Lipinski definition) is 3. The van der Waals surface area contributed by atoms with Crippen LogP contribution >= 0.6 is 0 Å². The minimum absolute atomic E-state index is 0.139. The molecule has 0 atom stereocenters. The summed E-state index contributed by atoms with van der Waals surface area (Å²) in [5.41, 5.74) is 3.57. The van der Waals surface area contributed by atoms with E-state index >= 15 is 0 Å². The molecule has 3 rings (SSSR count). The third-order valence-electron chi connectivity index (χ3n) is 4.72. The SMILES string of the molecule is Cc1cc(-c2cccc(C(=O)NCCCn3ccnc3C)c2)c(=O)[nH]c1C.O=CO. The fraction of sp³-hybridized carbons (Fsp3) is 0.273. The highest BCUT2D eigenvalue weighted by atomic mass is 16.3. The van der Waals surface area contributed by atoms with Gasteiger partial charge in [-0.3, -0.25) is 14.4 Å². The van der Waals surface area contributed by atoms with Crippen molar-refractivity contribution in [2.75, 3.05) is 6.54 Å². The Kier molecular flexibility index (Phi) is 8.10. The molecule has 0 saturated heterocycles. The molecule has 1 aromatic carbocycles. The lowest BCUT2D eigenvalue weighted by molar-refractivity contribution is -0.122. The molecule has 30 heavy (non-hydrogen) atoms. The minimum Gasteiger partial charge on any atom is -0.483 e. The van der Waals surface area contributed by atoms with Crippen molar-refractivity contribution in [3.63, 3.8) is 0 Å². The summed E-state index contributed by atoms with van der Waals surface area (Å²) in [6.07, 6.45) is 4.52. The maximum absolute atomic E-state index is 12.4. The number of imidazole rings is 1. The number of carboxylic acid groups (broad SMARTS) is 1. The summed E-state index contributed by atoms with van der Waals surface area (Å²) in [6, 6.07) is 9.02. The van der Waals surface area contributed by atoms with Crippen molar-refractivity contribution >= 4 is 12.4 Å². The number of nitrogens with zero attached hydrogens (tertiary/aromatic N) is 2. The van der Waals surface area contributed by atoms with Gasteiger partial charge < -0.3 is 20.0 Å². The molecule has 158 valence electrons. The van der Waals surface area contributed by atoms with Crippen LogP contribution in [0.1, 0.15) is 33.9 Å². The third kappa shape index (κ3) is 5.91. The highest BCUT2D eigenvalue weighted by molar-refractivity contribution is 5.95. The van der Waals surface area contributed by atoms with Crippen molar-refractivity contribution in [1.82, 2.24) is 19.9 Å². The third-order valence-corrected chi connectivity index (χ3v) is 4.72. The summed E-state index contributed by atoms with van der Waals surface area (Å²) in [7, 11) is 0. The Morgan fingerprint density at radius 1 is 1.27 bits per heavy atom. The maximum Gasteiger partial charge on any atom is 0.290 e. The average Bonchev–Trinajstić information content (AvgIpc) is 3.13. The monoisotopic (exact) mass is 410 g/mol. The molecule has 0 aliphatic heterocycles. The number of H-pyrrole nitrogens is 1. The molecular weight excluding hydrogens is 384 g/mol. The van der Waals surface area contributed by atoms with E-state index in [1.165, 1.54) is 0 Å². The Hall–Kier alpha value is -3.68. The summed E-state index contributed by atoms with van der Waals surface area (Å²) in [4.78, 5) is 40.1. The predicted molar refractivity (Wildman–Crippen MR) is 115 cm³/mol. The largest absolute Gasteiger partial charge is 0.483 e. The number of rotatable bonds is 6. The summed E-state index contributed by atoms with van der Waals surface area (Å²) in [5, 5.41) is 9.82. The van der Waals surface area contributed by atoms with E-state index in [0.717, 1.165) is 35.6 Å². The molecular formula is C22H26N4O4. The van der Waals surface area contributed by atoms with Gasteiger partial charge in [0.25, 0.3) is 17.9 Å². The number of aromatic nitrogens is 3. The second kappa shape index (κ2) is 10.8. The quantitative estimate of drug-likeness (QED) is 0.427.